The van der Waals surface area contributed by atoms with Gasteiger partial charge in [0.15, 0.2) is 0 Å². The van der Waals surface area contributed by atoms with E-state index in [0.717, 1.165) is 32.0 Å². The lowest BCUT2D eigenvalue weighted by Gasteiger charge is -2.37. The molecule has 1 fully saturated rings. The van der Waals surface area contributed by atoms with Crippen LogP contribution in [0, 0.1) is 5.92 Å². The molecule has 2 aliphatic rings. The Kier molecular flexibility index (Phi) is 3.14. The molecule has 0 bridgehead atoms. The third-order valence-corrected chi connectivity index (χ3v) is 4.92. The molecule has 1 aromatic rings. The predicted molar refractivity (Wildman–Crippen MR) is 71.6 cm³/mol. The lowest BCUT2D eigenvalue weighted by Crippen LogP contribution is -2.41. The number of aromatic nitrogens is 3. The van der Waals surface area contributed by atoms with Gasteiger partial charge in [-0.2, -0.15) is 0 Å². The maximum Gasteiger partial charge on any atom is 0.139 e. The van der Waals surface area contributed by atoms with Crippen LogP contribution in [-0.4, -0.2) is 27.9 Å². The van der Waals surface area contributed by atoms with Gasteiger partial charge in [0, 0.05) is 18.4 Å². The van der Waals surface area contributed by atoms with E-state index in [1.165, 1.54) is 37.3 Å². The lowest BCUT2D eigenvalue weighted by molar-refractivity contribution is 0.265. The topological polar surface area (TPSA) is 42.7 Å². The van der Waals surface area contributed by atoms with Crippen LogP contribution in [-0.2, 0) is 18.4 Å². The number of fused-ring (bicyclic) bond motifs is 1. The molecule has 4 nitrogen and oxygen atoms in total. The quantitative estimate of drug-likeness (QED) is 0.869. The van der Waals surface area contributed by atoms with Crippen molar-refractivity contribution in [1.82, 2.24) is 20.1 Å². The highest BCUT2D eigenvalue weighted by molar-refractivity contribution is 5.14. The molecule has 0 aromatic carbocycles. The van der Waals surface area contributed by atoms with Gasteiger partial charge in [-0.15, -0.1) is 10.2 Å². The van der Waals surface area contributed by atoms with Crippen LogP contribution >= 0.6 is 0 Å². The Balaban J connectivity index is 1.96. The Bertz CT molecular complexity index is 417. The zero-order valence-electron chi connectivity index (χ0n) is 11.6. The highest BCUT2D eigenvalue weighted by Crippen LogP contribution is 2.37. The third kappa shape index (κ3) is 1.87. The summed E-state index contributed by atoms with van der Waals surface area (Å²) in [5.41, 5.74) is 0.275. The van der Waals surface area contributed by atoms with Gasteiger partial charge in [0.25, 0.3) is 0 Å². The van der Waals surface area contributed by atoms with Gasteiger partial charge < -0.3 is 9.88 Å². The second-order valence-corrected chi connectivity index (χ2v) is 6.07. The van der Waals surface area contributed by atoms with Crippen LogP contribution in [0.5, 0.6) is 0 Å². The zero-order valence-corrected chi connectivity index (χ0v) is 11.6. The van der Waals surface area contributed by atoms with E-state index in [1.807, 2.05) is 0 Å². The van der Waals surface area contributed by atoms with Crippen molar-refractivity contribution in [1.29, 1.82) is 0 Å². The van der Waals surface area contributed by atoms with E-state index in [4.69, 9.17) is 0 Å². The van der Waals surface area contributed by atoms with Gasteiger partial charge in [0.2, 0.25) is 0 Å². The van der Waals surface area contributed by atoms with Crippen molar-refractivity contribution < 1.29 is 0 Å². The highest BCUT2D eigenvalue weighted by Gasteiger charge is 2.38. The summed E-state index contributed by atoms with van der Waals surface area (Å²) in [6, 6.07) is 0. The predicted octanol–water partition coefficient (Wildman–Crippen LogP) is 1.89. The average Bonchev–Trinajstić information content (AvgIpc) is 2.83. The Morgan fingerprint density at radius 1 is 1.33 bits per heavy atom. The average molecular weight is 248 g/mol. The van der Waals surface area contributed by atoms with E-state index in [-0.39, 0.29) is 5.41 Å². The molecule has 3 heterocycles. The Labute approximate surface area is 109 Å². The Morgan fingerprint density at radius 2 is 2.11 bits per heavy atom. The molecule has 4 heteroatoms. The van der Waals surface area contributed by atoms with Gasteiger partial charge >= 0.3 is 0 Å². The first-order chi connectivity index (χ1) is 8.75. The first kappa shape index (κ1) is 12.2. The SMILES string of the molecule is CCC1(c2nnc3n2CCC(C)C3)CCNCC1. The molecule has 1 unspecified atom stereocenters. The summed E-state index contributed by atoms with van der Waals surface area (Å²) in [6.45, 7) is 7.98. The van der Waals surface area contributed by atoms with E-state index in [9.17, 15) is 0 Å². The number of hydrogen-bond donors (Lipinski definition) is 1. The summed E-state index contributed by atoms with van der Waals surface area (Å²) in [7, 11) is 0. The van der Waals surface area contributed by atoms with Crippen LogP contribution in [0.15, 0.2) is 0 Å². The first-order valence-electron chi connectivity index (χ1n) is 7.38. The maximum absolute atomic E-state index is 4.58. The van der Waals surface area contributed by atoms with Crippen LogP contribution in [0.2, 0.25) is 0 Å². The summed E-state index contributed by atoms with van der Waals surface area (Å²) >= 11 is 0. The molecule has 2 aliphatic heterocycles. The fourth-order valence-electron chi connectivity index (χ4n) is 3.52. The molecule has 0 aliphatic carbocycles. The van der Waals surface area contributed by atoms with Crippen LogP contribution in [0.25, 0.3) is 0 Å². The van der Waals surface area contributed by atoms with Crippen molar-refractivity contribution in [3.05, 3.63) is 11.6 Å². The summed E-state index contributed by atoms with van der Waals surface area (Å²) < 4.78 is 2.43. The van der Waals surface area contributed by atoms with E-state index in [0.29, 0.717) is 0 Å². The lowest BCUT2D eigenvalue weighted by atomic mass is 9.75. The van der Waals surface area contributed by atoms with Crippen molar-refractivity contribution in [2.75, 3.05) is 13.1 Å². The van der Waals surface area contributed by atoms with Crippen molar-refractivity contribution in [3.8, 4) is 0 Å². The molecule has 0 amide bonds. The smallest absolute Gasteiger partial charge is 0.139 e. The Morgan fingerprint density at radius 3 is 2.83 bits per heavy atom. The molecule has 0 radical (unpaired) electrons. The van der Waals surface area contributed by atoms with Crippen LogP contribution < -0.4 is 5.32 Å². The third-order valence-electron chi connectivity index (χ3n) is 4.92. The monoisotopic (exact) mass is 248 g/mol. The number of nitrogens with one attached hydrogen (secondary N) is 1. The van der Waals surface area contributed by atoms with Gasteiger partial charge in [-0.25, -0.2) is 0 Å². The second kappa shape index (κ2) is 4.65. The van der Waals surface area contributed by atoms with E-state index >= 15 is 0 Å². The van der Waals surface area contributed by atoms with Gasteiger partial charge in [-0.1, -0.05) is 13.8 Å². The summed E-state index contributed by atoms with van der Waals surface area (Å²) in [4.78, 5) is 0. The molecule has 1 saturated heterocycles. The van der Waals surface area contributed by atoms with Crippen LogP contribution in [0.4, 0.5) is 0 Å². The number of hydrogen-bond acceptors (Lipinski definition) is 3. The van der Waals surface area contributed by atoms with Gasteiger partial charge in [-0.3, -0.25) is 0 Å². The molecule has 18 heavy (non-hydrogen) atoms. The van der Waals surface area contributed by atoms with Gasteiger partial charge in [0.05, 0.1) is 0 Å². The second-order valence-electron chi connectivity index (χ2n) is 6.07. The molecule has 3 rings (SSSR count). The van der Waals surface area contributed by atoms with Crippen molar-refractivity contribution in [2.24, 2.45) is 5.92 Å². The van der Waals surface area contributed by atoms with Crippen LogP contribution in [0.3, 0.4) is 0 Å². The fraction of sp³-hybridized carbons (Fsp3) is 0.857. The summed E-state index contributed by atoms with van der Waals surface area (Å²) in [5, 5.41) is 12.5. The van der Waals surface area contributed by atoms with Crippen molar-refractivity contribution >= 4 is 0 Å². The molecule has 0 spiro atoms. The molecule has 0 saturated carbocycles. The Hall–Kier alpha value is -0.900. The molecular formula is C14H24N4. The fourth-order valence-corrected chi connectivity index (χ4v) is 3.52. The minimum absolute atomic E-state index is 0.275. The first-order valence-corrected chi connectivity index (χ1v) is 7.38. The largest absolute Gasteiger partial charge is 0.317 e. The van der Waals surface area contributed by atoms with Gasteiger partial charge in [0.1, 0.15) is 11.6 Å². The highest BCUT2D eigenvalue weighted by atomic mass is 15.3. The molecule has 100 valence electrons. The summed E-state index contributed by atoms with van der Waals surface area (Å²) in [5.74, 6) is 3.25. The maximum atomic E-state index is 4.58. The molecule has 1 aromatic heterocycles. The number of rotatable bonds is 2. The van der Waals surface area contributed by atoms with E-state index in [2.05, 4.69) is 33.9 Å². The van der Waals surface area contributed by atoms with Gasteiger partial charge in [-0.05, 0) is 44.7 Å². The standard InChI is InChI=1S/C14H24N4/c1-3-14(5-7-15-8-6-14)13-17-16-12-10-11(2)4-9-18(12)13/h11,15H,3-10H2,1-2H3. The van der Waals surface area contributed by atoms with Crippen molar-refractivity contribution in [3.63, 3.8) is 0 Å². The minimum atomic E-state index is 0.275. The van der Waals surface area contributed by atoms with Crippen LogP contribution in [0.1, 0.15) is 51.2 Å². The van der Waals surface area contributed by atoms with Crippen molar-refractivity contribution in [2.45, 2.75) is 57.9 Å². The normalized spacial score (nSPS) is 26.9. The molecule has 1 N–H and O–H groups in total. The van der Waals surface area contributed by atoms with E-state index < -0.39 is 0 Å². The number of nitrogens with zero attached hydrogens (tertiary/aromatic N) is 3. The molecule has 1 atom stereocenters. The number of piperidine rings is 1. The minimum Gasteiger partial charge on any atom is -0.317 e. The summed E-state index contributed by atoms with van der Waals surface area (Å²) in [6.07, 6.45) is 5.97. The zero-order chi connectivity index (χ0) is 12.6. The molecular weight excluding hydrogens is 224 g/mol. The van der Waals surface area contributed by atoms with E-state index in [1.54, 1.807) is 0 Å².